The number of thiophene rings is 1. The fourth-order valence-electron chi connectivity index (χ4n) is 5.32. The Morgan fingerprint density at radius 2 is 1.43 bits per heavy atom. The molecule has 0 unspecified atom stereocenters. The van der Waals surface area contributed by atoms with Gasteiger partial charge in [0.2, 0.25) is 17.7 Å². The van der Waals surface area contributed by atoms with Gasteiger partial charge in [0.05, 0.1) is 0 Å². The largest absolute Gasteiger partial charge is 0.354 e. The van der Waals surface area contributed by atoms with Crippen molar-refractivity contribution in [1.29, 1.82) is 0 Å². The summed E-state index contributed by atoms with van der Waals surface area (Å²) in [6.45, 7) is 4.23. The molecule has 3 aromatic carbocycles. The molecule has 0 radical (unpaired) electrons. The lowest BCUT2D eigenvalue weighted by molar-refractivity contribution is -0.146. The van der Waals surface area contributed by atoms with Crippen LogP contribution in [0.15, 0.2) is 115 Å². The molecule has 0 aliphatic heterocycles. The Bertz CT molecular complexity index is 1600. The van der Waals surface area contributed by atoms with E-state index in [9.17, 15) is 14.4 Å². The van der Waals surface area contributed by atoms with E-state index < -0.39 is 17.6 Å². The van der Waals surface area contributed by atoms with Crippen molar-refractivity contribution in [2.75, 3.05) is 20.6 Å². The van der Waals surface area contributed by atoms with E-state index in [-0.39, 0.29) is 24.1 Å². The highest BCUT2D eigenvalue weighted by molar-refractivity contribution is 7.09. The third-order valence-electron chi connectivity index (χ3n) is 8.14. The number of likely N-dealkylation sites (N-methyl/N-ethyl adjacent to an activating group) is 2. The van der Waals surface area contributed by atoms with Crippen molar-refractivity contribution in [2.24, 2.45) is 5.73 Å². The number of carbonyl (C=O) groups is 3. The summed E-state index contributed by atoms with van der Waals surface area (Å²) in [6.07, 6.45) is 5.08. The first-order valence-corrected chi connectivity index (χ1v) is 16.9. The molecule has 0 saturated heterocycles. The van der Waals surface area contributed by atoms with Crippen LogP contribution in [-0.2, 0) is 33.6 Å². The van der Waals surface area contributed by atoms with Crippen molar-refractivity contribution < 1.29 is 14.4 Å². The molecule has 3 N–H and O–H groups in total. The molecule has 0 saturated carbocycles. The summed E-state index contributed by atoms with van der Waals surface area (Å²) in [6, 6.07) is 30.4. The minimum atomic E-state index is -0.839. The molecule has 4 rings (SSSR count). The summed E-state index contributed by atoms with van der Waals surface area (Å²) in [5.41, 5.74) is 9.84. The summed E-state index contributed by atoms with van der Waals surface area (Å²) >= 11 is 1.55. The van der Waals surface area contributed by atoms with E-state index in [1.54, 1.807) is 31.5 Å². The van der Waals surface area contributed by atoms with Gasteiger partial charge in [0, 0.05) is 43.9 Å². The Morgan fingerprint density at radius 1 is 0.787 bits per heavy atom. The van der Waals surface area contributed by atoms with Crippen LogP contribution >= 0.6 is 11.3 Å². The Kier molecular flexibility index (Phi) is 12.7. The van der Waals surface area contributed by atoms with Gasteiger partial charge in [0.15, 0.2) is 0 Å². The molecule has 47 heavy (non-hydrogen) atoms. The number of nitrogens with two attached hydrogens (primary N) is 1. The molecule has 0 aliphatic rings. The SMILES string of the molecule is CN(C(=O)C=CCC(C)(C)N)[C@H](Cc1ccc(-c2ccccc2)cc1)C(=O)N(C)[C@H](Cc1cccs1)C(=O)NCCc1ccccc1. The van der Waals surface area contributed by atoms with Crippen LogP contribution in [0, 0.1) is 0 Å². The van der Waals surface area contributed by atoms with Crippen LogP contribution in [-0.4, -0.2) is 65.8 Å². The normalized spacial score (nSPS) is 12.8. The topological polar surface area (TPSA) is 95.7 Å². The maximum absolute atomic E-state index is 14.4. The number of amides is 3. The monoisotopic (exact) mass is 650 g/mol. The molecule has 7 nitrogen and oxygen atoms in total. The fraction of sp³-hybridized carbons (Fsp3) is 0.308. The van der Waals surface area contributed by atoms with E-state index in [0.29, 0.717) is 25.8 Å². The smallest absolute Gasteiger partial charge is 0.246 e. The second-order valence-electron chi connectivity index (χ2n) is 12.6. The number of carbonyl (C=O) groups excluding carboxylic acids is 3. The molecule has 1 aromatic heterocycles. The Morgan fingerprint density at radius 3 is 2.04 bits per heavy atom. The van der Waals surface area contributed by atoms with E-state index in [1.165, 1.54) is 15.9 Å². The molecular formula is C39H46N4O3S. The van der Waals surface area contributed by atoms with Crippen molar-refractivity contribution in [3.05, 3.63) is 131 Å². The van der Waals surface area contributed by atoms with E-state index in [0.717, 1.165) is 27.1 Å². The van der Waals surface area contributed by atoms with Gasteiger partial charge in [-0.25, -0.2) is 0 Å². The van der Waals surface area contributed by atoms with Crippen LogP contribution in [0.1, 0.15) is 36.3 Å². The molecule has 0 fully saturated rings. The zero-order valence-electron chi connectivity index (χ0n) is 27.8. The van der Waals surface area contributed by atoms with Gasteiger partial charge in [0.1, 0.15) is 12.1 Å². The van der Waals surface area contributed by atoms with Crippen LogP contribution in [0.2, 0.25) is 0 Å². The molecule has 3 amide bonds. The minimum Gasteiger partial charge on any atom is -0.354 e. The Hall–Kier alpha value is -4.53. The maximum Gasteiger partial charge on any atom is 0.246 e. The van der Waals surface area contributed by atoms with Crippen molar-refractivity contribution >= 4 is 29.1 Å². The van der Waals surface area contributed by atoms with Crippen LogP contribution in [0.3, 0.4) is 0 Å². The zero-order chi connectivity index (χ0) is 33.8. The average molecular weight is 651 g/mol. The lowest BCUT2D eigenvalue weighted by atomic mass is 9.98. The van der Waals surface area contributed by atoms with Gasteiger partial charge >= 0.3 is 0 Å². The highest BCUT2D eigenvalue weighted by Gasteiger charge is 2.35. The molecule has 246 valence electrons. The molecule has 8 heteroatoms. The molecule has 0 aliphatic carbocycles. The van der Waals surface area contributed by atoms with Gasteiger partial charge < -0.3 is 20.9 Å². The van der Waals surface area contributed by atoms with Gasteiger partial charge in [-0.1, -0.05) is 97.1 Å². The highest BCUT2D eigenvalue weighted by Crippen LogP contribution is 2.22. The van der Waals surface area contributed by atoms with E-state index in [2.05, 4.69) is 17.4 Å². The first-order chi connectivity index (χ1) is 22.5. The fourth-order valence-corrected chi connectivity index (χ4v) is 6.06. The molecule has 0 spiro atoms. The minimum absolute atomic E-state index is 0.227. The van der Waals surface area contributed by atoms with Crippen LogP contribution in [0.25, 0.3) is 11.1 Å². The maximum atomic E-state index is 14.4. The van der Waals surface area contributed by atoms with Gasteiger partial charge in [0.25, 0.3) is 0 Å². The van der Waals surface area contributed by atoms with Crippen molar-refractivity contribution in [1.82, 2.24) is 15.1 Å². The van der Waals surface area contributed by atoms with Crippen LogP contribution in [0.4, 0.5) is 0 Å². The summed E-state index contributed by atoms with van der Waals surface area (Å²) in [5.74, 6) is -0.834. The molecule has 0 bridgehead atoms. The number of nitrogens with zero attached hydrogens (tertiary/aromatic N) is 2. The molecule has 4 aromatic rings. The van der Waals surface area contributed by atoms with Crippen LogP contribution < -0.4 is 11.1 Å². The summed E-state index contributed by atoms with van der Waals surface area (Å²) in [5, 5.41) is 5.02. The van der Waals surface area contributed by atoms with Gasteiger partial charge in [-0.05, 0) is 66.5 Å². The number of benzene rings is 3. The van der Waals surface area contributed by atoms with Crippen molar-refractivity contribution in [3.63, 3.8) is 0 Å². The average Bonchev–Trinajstić information content (AvgIpc) is 3.59. The lowest BCUT2D eigenvalue weighted by Crippen LogP contribution is -2.56. The quantitative estimate of drug-likeness (QED) is 0.157. The predicted molar refractivity (Wildman–Crippen MR) is 192 cm³/mol. The van der Waals surface area contributed by atoms with E-state index in [4.69, 9.17) is 5.73 Å². The number of hydrogen-bond donors (Lipinski definition) is 2. The van der Waals surface area contributed by atoms with Gasteiger partial charge in [-0.3, -0.25) is 14.4 Å². The van der Waals surface area contributed by atoms with Gasteiger partial charge in [-0.15, -0.1) is 11.3 Å². The molecule has 2 atom stereocenters. The van der Waals surface area contributed by atoms with E-state index >= 15 is 0 Å². The molecule has 1 heterocycles. The lowest BCUT2D eigenvalue weighted by Gasteiger charge is -2.34. The standard InChI is InChI=1S/C39H46N4O3S/c1-39(2,40)24-11-18-36(44)42(3)35(27-30-19-21-32(22-20-30)31-15-9-6-10-16-31)38(46)43(4)34(28-33-17-12-26-47-33)37(45)41-25-23-29-13-7-5-8-14-29/h5-22,26,34-35H,23-25,27-28,40H2,1-4H3,(H,41,45)/t34-,35-/m1/s1. The summed E-state index contributed by atoms with van der Waals surface area (Å²) in [4.78, 5) is 45.5. The second kappa shape index (κ2) is 16.9. The van der Waals surface area contributed by atoms with E-state index in [1.807, 2.05) is 104 Å². The van der Waals surface area contributed by atoms with Crippen molar-refractivity contribution in [3.8, 4) is 11.1 Å². The zero-order valence-corrected chi connectivity index (χ0v) is 28.6. The predicted octanol–water partition coefficient (Wildman–Crippen LogP) is 5.90. The third-order valence-corrected chi connectivity index (χ3v) is 9.04. The Labute approximate surface area is 283 Å². The second-order valence-corrected chi connectivity index (χ2v) is 13.6. The first kappa shape index (κ1) is 35.3. The molecular weight excluding hydrogens is 605 g/mol. The number of hydrogen-bond acceptors (Lipinski definition) is 5. The number of rotatable bonds is 15. The highest BCUT2D eigenvalue weighted by atomic mass is 32.1. The Balaban J connectivity index is 1.57. The van der Waals surface area contributed by atoms with Crippen molar-refractivity contribution in [2.45, 2.75) is 57.2 Å². The third kappa shape index (κ3) is 10.8. The summed E-state index contributed by atoms with van der Waals surface area (Å²) in [7, 11) is 3.30. The number of nitrogens with one attached hydrogen (secondary N) is 1. The summed E-state index contributed by atoms with van der Waals surface area (Å²) < 4.78 is 0. The van der Waals surface area contributed by atoms with Gasteiger partial charge in [-0.2, -0.15) is 0 Å². The van der Waals surface area contributed by atoms with Crippen LogP contribution in [0.5, 0.6) is 0 Å². The first-order valence-electron chi connectivity index (χ1n) is 16.0.